The molecule has 1 heterocycles. The zero-order valence-corrected chi connectivity index (χ0v) is 9.20. The van der Waals surface area contributed by atoms with Gasteiger partial charge in [-0.3, -0.25) is 4.68 Å². The molecule has 1 aromatic heterocycles. The average molecular weight is 188 g/mol. The normalized spacial score (nSPS) is 12.3. The van der Waals surface area contributed by atoms with E-state index in [1.165, 1.54) is 10.9 Å². The molecule has 1 aromatic carbocycles. The molecule has 0 unspecified atom stereocenters. The summed E-state index contributed by atoms with van der Waals surface area (Å²) >= 11 is 0. The van der Waals surface area contributed by atoms with Crippen molar-refractivity contribution in [3.63, 3.8) is 0 Å². The van der Waals surface area contributed by atoms with E-state index in [1.54, 1.807) is 0 Å². The van der Waals surface area contributed by atoms with Crippen LogP contribution in [0.3, 0.4) is 0 Å². The van der Waals surface area contributed by atoms with E-state index in [-0.39, 0.29) is 5.41 Å². The van der Waals surface area contributed by atoms with Crippen molar-refractivity contribution in [1.82, 2.24) is 9.78 Å². The minimum atomic E-state index is 0.212. The van der Waals surface area contributed by atoms with E-state index < -0.39 is 0 Å². The minimum absolute atomic E-state index is 0.212. The first-order chi connectivity index (χ1) is 6.47. The molecule has 2 nitrogen and oxygen atoms in total. The maximum atomic E-state index is 4.35. The molecule has 0 N–H and O–H groups in total. The number of aromatic nitrogens is 2. The van der Waals surface area contributed by atoms with E-state index in [1.807, 2.05) is 11.7 Å². The number of hydrogen-bond donors (Lipinski definition) is 0. The smallest absolute Gasteiger partial charge is 0.0923 e. The highest BCUT2D eigenvalue weighted by molar-refractivity contribution is 5.79. The van der Waals surface area contributed by atoms with Crippen molar-refractivity contribution < 1.29 is 0 Å². The molecule has 0 aliphatic carbocycles. The average Bonchev–Trinajstić information content (AvgIpc) is 2.41. The number of nitrogens with zero attached hydrogens (tertiary/aromatic N) is 2. The van der Waals surface area contributed by atoms with Crippen molar-refractivity contribution in [2.24, 2.45) is 7.05 Å². The van der Waals surface area contributed by atoms with Gasteiger partial charge in [0.05, 0.1) is 5.52 Å². The van der Waals surface area contributed by atoms with Crippen LogP contribution in [0.4, 0.5) is 0 Å². The fourth-order valence-electron chi connectivity index (χ4n) is 1.62. The van der Waals surface area contributed by atoms with Crippen LogP contribution in [0.25, 0.3) is 10.9 Å². The molecule has 0 aliphatic heterocycles. The lowest BCUT2D eigenvalue weighted by Crippen LogP contribution is -2.10. The van der Waals surface area contributed by atoms with Gasteiger partial charge in [-0.05, 0) is 23.1 Å². The highest BCUT2D eigenvalue weighted by atomic mass is 15.2. The number of aryl methyl sites for hydroxylation is 1. The third kappa shape index (κ3) is 1.52. The van der Waals surface area contributed by atoms with Gasteiger partial charge in [0, 0.05) is 18.6 Å². The molecule has 0 atom stereocenters. The van der Waals surface area contributed by atoms with Gasteiger partial charge in [0.2, 0.25) is 0 Å². The van der Waals surface area contributed by atoms with Crippen LogP contribution in [-0.2, 0) is 12.5 Å². The van der Waals surface area contributed by atoms with E-state index in [2.05, 4.69) is 50.3 Å². The SMILES string of the molecule is Cn1cc2cc(C(C)(C)C)ccc2n1. The summed E-state index contributed by atoms with van der Waals surface area (Å²) in [6.45, 7) is 6.68. The quantitative estimate of drug-likeness (QED) is 0.621. The molecular formula is C12H16N2. The van der Waals surface area contributed by atoms with Crippen molar-refractivity contribution >= 4 is 10.9 Å². The zero-order valence-electron chi connectivity index (χ0n) is 9.20. The topological polar surface area (TPSA) is 17.8 Å². The molecule has 2 rings (SSSR count). The van der Waals surface area contributed by atoms with Crippen molar-refractivity contribution in [1.29, 1.82) is 0 Å². The lowest BCUT2D eigenvalue weighted by Gasteiger charge is -2.18. The van der Waals surface area contributed by atoms with Gasteiger partial charge in [0.25, 0.3) is 0 Å². The van der Waals surface area contributed by atoms with Gasteiger partial charge >= 0.3 is 0 Å². The largest absolute Gasteiger partial charge is 0.275 e. The standard InChI is InChI=1S/C12H16N2/c1-12(2,3)10-5-6-11-9(7-10)8-14(4)13-11/h5-8H,1-4H3. The Hall–Kier alpha value is -1.31. The van der Waals surface area contributed by atoms with E-state index in [0.29, 0.717) is 0 Å². The van der Waals surface area contributed by atoms with E-state index in [9.17, 15) is 0 Å². The zero-order chi connectivity index (χ0) is 10.3. The Kier molecular flexibility index (Phi) is 1.88. The lowest BCUT2D eigenvalue weighted by atomic mass is 9.86. The Labute approximate surface area is 84.5 Å². The molecule has 0 fully saturated rings. The van der Waals surface area contributed by atoms with Crippen molar-refractivity contribution in [3.8, 4) is 0 Å². The Morgan fingerprint density at radius 1 is 1.21 bits per heavy atom. The van der Waals surface area contributed by atoms with E-state index in [0.717, 1.165) is 5.52 Å². The van der Waals surface area contributed by atoms with Crippen LogP contribution in [-0.4, -0.2) is 9.78 Å². The molecule has 0 aliphatic rings. The van der Waals surface area contributed by atoms with Gasteiger partial charge in [-0.25, -0.2) is 0 Å². The molecule has 0 spiro atoms. The van der Waals surface area contributed by atoms with E-state index >= 15 is 0 Å². The van der Waals surface area contributed by atoms with Crippen LogP contribution in [0.15, 0.2) is 24.4 Å². The summed E-state index contributed by atoms with van der Waals surface area (Å²) < 4.78 is 1.86. The molecule has 0 amide bonds. The van der Waals surface area contributed by atoms with Gasteiger partial charge in [-0.15, -0.1) is 0 Å². The highest BCUT2D eigenvalue weighted by Crippen LogP contribution is 2.25. The Balaban J connectivity index is 2.62. The summed E-state index contributed by atoms with van der Waals surface area (Å²) in [5.74, 6) is 0. The van der Waals surface area contributed by atoms with Gasteiger partial charge in [0.15, 0.2) is 0 Å². The first-order valence-electron chi connectivity index (χ1n) is 4.91. The molecule has 0 radical (unpaired) electrons. The maximum absolute atomic E-state index is 4.35. The molecule has 0 bridgehead atoms. The monoisotopic (exact) mass is 188 g/mol. The van der Waals surface area contributed by atoms with Crippen LogP contribution < -0.4 is 0 Å². The highest BCUT2D eigenvalue weighted by Gasteiger charge is 2.14. The summed E-state index contributed by atoms with van der Waals surface area (Å²) in [4.78, 5) is 0. The second kappa shape index (κ2) is 2.84. The molecule has 14 heavy (non-hydrogen) atoms. The molecular weight excluding hydrogens is 172 g/mol. The summed E-state index contributed by atoms with van der Waals surface area (Å²) in [6, 6.07) is 6.48. The van der Waals surface area contributed by atoms with Crippen LogP contribution in [0, 0.1) is 0 Å². The fraction of sp³-hybridized carbons (Fsp3) is 0.417. The lowest BCUT2D eigenvalue weighted by molar-refractivity contribution is 0.591. The first-order valence-corrected chi connectivity index (χ1v) is 4.91. The van der Waals surface area contributed by atoms with Crippen LogP contribution in [0.1, 0.15) is 26.3 Å². The second-order valence-corrected chi connectivity index (χ2v) is 4.83. The third-order valence-corrected chi connectivity index (χ3v) is 2.48. The number of fused-ring (bicyclic) bond motifs is 1. The Bertz CT molecular complexity index is 461. The first kappa shape index (κ1) is 9.25. The summed E-state index contributed by atoms with van der Waals surface area (Å²) in [5, 5.41) is 5.58. The van der Waals surface area contributed by atoms with Crippen LogP contribution >= 0.6 is 0 Å². The predicted octanol–water partition coefficient (Wildman–Crippen LogP) is 2.87. The summed E-state index contributed by atoms with van der Waals surface area (Å²) in [5.41, 5.74) is 2.64. The van der Waals surface area contributed by atoms with Crippen molar-refractivity contribution in [3.05, 3.63) is 30.0 Å². The predicted molar refractivity (Wildman–Crippen MR) is 59.4 cm³/mol. The Morgan fingerprint density at radius 3 is 2.57 bits per heavy atom. The van der Waals surface area contributed by atoms with Gasteiger partial charge in [-0.1, -0.05) is 26.8 Å². The van der Waals surface area contributed by atoms with Crippen LogP contribution in [0.5, 0.6) is 0 Å². The summed E-state index contributed by atoms with van der Waals surface area (Å²) in [6.07, 6.45) is 2.06. The molecule has 2 aromatic rings. The number of rotatable bonds is 0. The minimum Gasteiger partial charge on any atom is -0.275 e. The van der Waals surface area contributed by atoms with Gasteiger partial charge in [-0.2, -0.15) is 5.10 Å². The molecule has 0 saturated carbocycles. The summed E-state index contributed by atoms with van der Waals surface area (Å²) in [7, 11) is 1.96. The van der Waals surface area contributed by atoms with Crippen LogP contribution in [0.2, 0.25) is 0 Å². The molecule has 74 valence electrons. The van der Waals surface area contributed by atoms with Crippen molar-refractivity contribution in [2.45, 2.75) is 26.2 Å². The third-order valence-electron chi connectivity index (χ3n) is 2.48. The molecule has 2 heteroatoms. The van der Waals surface area contributed by atoms with Gasteiger partial charge < -0.3 is 0 Å². The second-order valence-electron chi connectivity index (χ2n) is 4.83. The molecule has 0 saturated heterocycles. The maximum Gasteiger partial charge on any atom is 0.0923 e. The Morgan fingerprint density at radius 2 is 1.93 bits per heavy atom. The van der Waals surface area contributed by atoms with Gasteiger partial charge in [0.1, 0.15) is 0 Å². The fourth-order valence-corrected chi connectivity index (χ4v) is 1.62. The number of benzene rings is 1. The number of hydrogen-bond acceptors (Lipinski definition) is 1. The van der Waals surface area contributed by atoms with E-state index in [4.69, 9.17) is 0 Å². The van der Waals surface area contributed by atoms with Crippen molar-refractivity contribution in [2.75, 3.05) is 0 Å².